The smallest absolute Gasteiger partial charge is 0.0386 e. The Balaban J connectivity index is 1.79. The Morgan fingerprint density at radius 3 is 2.72 bits per heavy atom. The predicted molar refractivity (Wildman–Crippen MR) is 79.2 cm³/mol. The first-order valence-electron chi connectivity index (χ1n) is 7.44. The lowest BCUT2D eigenvalue weighted by molar-refractivity contribution is 0.480. The highest BCUT2D eigenvalue weighted by Gasteiger charge is 2.11. The van der Waals surface area contributed by atoms with Crippen molar-refractivity contribution in [2.75, 3.05) is 18.4 Å². The normalized spacial score (nSPS) is 19.7. The van der Waals surface area contributed by atoms with E-state index in [2.05, 4.69) is 41.8 Å². The molecule has 1 aliphatic rings. The van der Waals surface area contributed by atoms with Crippen molar-refractivity contribution >= 4 is 5.69 Å². The molecular weight excluding hydrogens is 220 g/mol. The molecule has 1 saturated heterocycles. The van der Waals surface area contributed by atoms with Gasteiger partial charge in [0, 0.05) is 18.3 Å². The van der Waals surface area contributed by atoms with Gasteiger partial charge in [-0.3, -0.25) is 0 Å². The summed E-state index contributed by atoms with van der Waals surface area (Å²) in [7, 11) is 0. The number of benzene rings is 1. The van der Waals surface area contributed by atoms with Crippen LogP contribution in [-0.2, 0) is 6.42 Å². The monoisotopic (exact) mass is 246 g/mol. The molecule has 1 aliphatic heterocycles. The van der Waals surface area contributed by atoms with Crippen molar-refractivity contribution in [3.63, 3.8) is 0 Å². The first-order chi connectivity index (χ1) is 8.88. The van der Waals surface area contributed by atoms with E-state index in [0.29, 0.717) is 6.04 Å². The van der Waals surface area contributed by atoms with Crippen LogP contribution in [0, 0.1) is 0 Å². The molecule has 2 heteroatoms. The number of hydrogen-bond donors (Lipinski definition) is 2. The van der Waals surface area contributed by atoms with Crippen molar-refractivity contribution in [1.29, 1.82) is 0 Å². The number of aryl methyl sites for hydroxylation is 1. The number of anilines is 1. The fourth-order valence-electron chi connectivity index (χ4n) is 2.56. The zero-order valence-electron chi connectivity index (χ0n) is 11.5. The van der Waals surface area contributed by atoms with Gasteiger partial charge in [-0.2, -0.15) is 0 Å². The third-order valence-corrected chi connectivity index (χ3v) is 3.69. The van der Waals surface area contributed by atoms with Crippen molar-refractivity contribution in [3.05, 3.63) is 29.8 Å². The van der Waals surface area contributed by atoms with Crippen molar-refractivity contribution in [3.8, 4) is 0 Å². The van der Waals surface area contributed by atoms with E-state index in [0.717, 1.165) is 6.54 Å². The van der Waals surface area contributed by atoms with Crippen LogP contribution in [-0.4, -0.2) is 19.1 Å². The Morgan fingerprint density at radius 1 is 1.22 bits per heavy atom. The highest BCUT2D eigenvalue weighted by atomic mass is 15.0. The minimum Gasteiger partial charge on any atom is -0.381 e. The van der Waals surface area contributed by atoms with Crippen LogP contribution in [0.15, 0.2) is 24.3 Å². The van der Waals surface area contributed by atoms with Gasteiger partial charge in [-0.15, -0.1) is 0 Å². The SMILES string of the molecule is CCCCCc1ccc(NC2CCCNC2)cc1. The minimum absolute atomic E-state index is 0.602. The third kappa shape index (κ3) is 4.34. The fourth-order valence-corrected chi connectivity index (χ4v) is 2.56. The maximum Gasteiger partial charge on any atom is 0.0386 e. The average Bonchev–Trinajstić information content (AvgIpc) is 2.42. The molecule has 0 radical (unpaired) electrons. The second-order valence-electron chi connectivity index (χ2n) is 5.34. The van der Waals surface area contributed by atoms with Crippen LogP contribution in [0.4, 0.5) is 5.69 Å². The molecule has 1 aromatic carbocycles. The Bertz CT molecular complexity index is 325. The van der Waals surface area contributed by atoms with Crippen LogP contribution in [0.2, 0.25) is 0 Å². The van der Waals surface area contributed by atoms with Gasteiger partial charge in [0.1, 0.15) is 0 Å². The molecule has 2 N–H and O–H groups in total. The minimum atomic E-state index is 0.602. The molecule has 1 atom stereocenters. The average molecular weight is 246 g/mol. The largest absolute Gasteiger partial charge is 0.381 e. The second kappa shape index (κ2) is 7.42. The molecule has 1 heterocycles. The summed E-state index contributed by atoms with van der Waals surface area (Å²) in [6.07, 6.45) is 7.75. The Labute approximate surface area is 111 Å². The molecule has 2 nitrogen and oxygen atoms in total. The summed E-state index contributed by atoms with van der Waals surface area (Å²) in [6.45, 7) is 4.53. The highest BCUT2D eigenvalue weighted by molar-refractivity contribution is 5.45. The summed E-state index contributed by atoms with van der Waals surface area (Å²) in [5.74, 6) is 0. The molecule has 18 heavy (non-hydrogen) atoms. The quantitative estimate of drug-likeness (QED) is 0.750. The van der Waals surface area contributed by atoms with Crippen LogP contribution >= 0.6 is 0 Å². The molecule has 1 aromatic rings. The van der Waals surface area contributed by atoms with Crippen LogP contribution < -0.4 is 10.6 Å². The molecule has 0 amide bonds. The lowest BCUT2D eigenvalue weighted by Crippen LogP contribution is -2.38. The van der Waals surface area contributed by atoms with Gasteiger partial charge in [-0.25, -0.2) is 0 Å². The maximum atomic E-state index is 3.61. The summed E-state index contributed by atoms with van der Waals surface area (Å²) >= 11 is 0. The zero-order chi connectivity index (χ0) is 12.6. The molecule has 0 saturated carbocycles. The van der Waals surface area contributed by atoms with Gasteiger partial charge >= 0.3 is 0 Å². The van der Waals surface area contributed by atoms with Crippen molar-refractivity contribution in [2.24, 2.45) is 0 Å². The molecule has 2 rings (SSSR count). The van der Waals surface area contributed by atoms with Crippen LogP contribution in [0.3, 0.4) is 0 Å². The van der Waals surface area contributed by atoms with E-state index < -0.39 is 0 Å². The van der Waals surface area contributed by atoms with E-state index in [-0.39, 0.29) is 0 Å². The number of rotatable bonds is 6. The van der Waals surface area contributed by atoms with Gasteiger partial charge in [-0.1, -0.05) is 31.9 Å². The zero-order valence-corrected chi connectivity index (χ0v) is 11.5. The van der Waals surface area contributed by atoms with Gasteiger partial charge in [0.05, 0.1) is 0 Å². The Hall–Kier alpha value is -1.02. The van der Waals surface area contributed by atoms with Crippen LogP contribution in [0.25, 0.3) is 0 Å². The van der Waals surface area contributed by atoms with E-state index >= 15 is 0 Å². The molecule has 1 unspecified atom stereocenters. The van der Waals surface area contributed by atoms with Crippen LogP contribution in [0.5, 0.6) is 0 Å². The summed E-state index contributed by atoms with van der Waals surface area (Å²) in [6, 6.07) is 9.61. The van der Waals surface area contributed by atoms with E-state index in [1.54, 1.807) is 0 Å². The van der Waals surface area contributed by atoms with E-state index in [1.807, 2.05) is 0 Å². The van der Waals surface area contributed by atoms with Gasteiger partial charge < -0.3 is 10.6 Å². The second-order valence-corrected chi connectivity index (χ2v) is 5.34. The molecular formula is C16H26N2. The first kappa shape index (κ1) is 13.4. The van der Waals surface area contributed by atoms with E-state index in [4.69, 9.17) is 0 Å². The molecule has 0 aliphatic carbocycles. The lowest BCUT2D eigenvalue weighted by Gasteiger charge is -2.24. The molecule has 0 aromatic heterocycles. The van der Waals surface area contributed by atoms with Crippen molar-refractivity contribution in [2.45, 2.75) is 51.5 Å². The summed E-state index contributed by atoms with van der Waals surface area (Å²) in [5.41, 5.74) is 2.73. The first-order valence-corrected chi connectivity index (χ1v) is 7.44. The van der Waals surface area contributed by atoms with Crippen molar-refractivity contribution < 1.29 is 0 Å². The molecule has 0 bridgehead atoms. The van der Waals surface area contributed by atoms with Gasteiger partial charge in [-0.05, 0) is 49.9 Å². The van der Waals surface area contributed by atoms with Crippen molar-refractivity contribution in [1.82, 2.24) is 5.32 Å². The summed E-state index contributed by atoms with van der Waals surface area (Å²) in [4.78, 5) is 0. The third-order valence-electron chi connectivity index (χ3n) is 3.69. The molecule has 1 fully saturated rings. The fraction of sp³-hybridized carbons (Fsp3) is 0.625. The summed E-state index contributed by atoms with van der Waals surface area (Å²) in [5, 5.41) is 7.05. The maximum absolute atomic E-state index is 3.61. The number of hydrogen-bond acceptors (Lipinski definition) is 2. The van der Waals surface area contributed by atoms with Gasteiger partial charge in [0.15, 0.2) is 0 Å². The topological polar surface area (TPSA) is 24.1 Å². The molecule has 100 valence electrons. The standard InChI is InChI=1S/C16H26N2/c1-2-3-4-6-14-8-10-15(11-9-14)18-16-7-5-12-17-13-16/h8-11,16-18H,2-7,12-13H2,1H3. The summed E-state index contributed by atoms with van der Waals surface area (Å²) < 4.78 is 0. The lowest BCUT2D eigenvalue weighted by atomic mass is 10.1. The van der Waals surface area contributed by atoms with Gasteiger partial charge in [0.2, 0.25) is 0 Å². The number of unbranched alkanes of at least 4 members (excludes halogenated alkanes) is 2. The van der Waals surface area contributed by atoms with E-state index in [1.165, 1.54) is 56.3 Å². The Kier molecular flexibility index (Phi) is 5.53. The number of piperidine rings is 1. The Morgan fingerprint density at radius 2 is 2.06 bits per heavy atom. The highest BCUT2D eigenvalue weighted by Crippen LogP contribution is 2.15. The van der Waals surface area contributed by atoms with Crippen LogP contribution in [0.1, 0.15) is 44.6 Å². The number of nitrogens with one attached hydrogen (secondary N) is 2. The molecule has 0 spiro atoms. The van der Waals surface area contributed by atoms with E-state index in [9.17, 15) is 0 Å². The predicted octanol–water partition coefficient (Wildman–Crippen LogP) is 3.58. The van der Waals surface area contributed by atoms with Gasteiger partial charge in [0.25, 0.3) is 0 Å².